The standard InChI is InChI=1S/C17H13F3N2O2S/c1-10-21-14-8-12(5-6-15(14)24-10)22-16(23)9-25-13-4-2-3-11(7-13)17(18,19)20/h2-8H,9H2,1H3,(H,22,23). The van der Waals surface area contributed by atoms with Crippen molar-refractivity contribution in [2.75, 3.05) is 11.1 Å². The summed E-state index contributed by atoms with van der Waals surface area (Å²) in [7, 11) is 0. The van der Waals surface area contributed by atoms with Crippen LogP contribution >= 0.6 is 11.8 Å². The summed E-state index contributed by atoms with van der Waals surface area (Å²) < 4.78 is 43.4. The Hall–Kier alpha value is -2.48. The van der Waals surface area contributed by atoms with Crippen molar-refractivity contribution < 1.29 is 22.4 Å². The lowest BCUT2D eigenvalue weighted by Crippen LogP contribution is -2.14. The zero-order valence-electron chi connectivity index (χ0n) is 13.1. The fourth-order valence-corrected chi connectivity index (χ4v) is 2.98. The number of benzene rings is 2. The molecule has 0 unspecified atom stereocenters. The van der Waals surface area contributed by atoms with Gasteiger partial charge in [-0.3, -0.25) is 4.79 Å². The van der Waals surface area contributed by atoms with Crippen LogP contribution in [0.2, 0.25) is 0 Å². The number of alkyl halides is 3. The van der Waals surface area contributed by atoms with Crippen molar-refractivity contribution in [3.63, 3.8) is 0 Å². The van der Waals surface area contributed by atoms with Gasteiger partial charge in [0.2, 0.25) is 5.91 Å². The number of aryl methyl sites for hydroxylation is 1. The first kappa shape index (κ1) is 17.3. The summed E-state index contributed by atoms with van der Waals surface area (Å²) in [6.45, 7) is 1.73. The third kappa shape index (κ3) is 4.33. The van der Waals surface area contributed by atoms with Crippen molar-refractivity contribution in [2.24, 2.45) is 0 Å². The molecule has 0 atom stereocenters. The van der Waals surface area contributed by atoms with Crippen LogP contribution in [0.1, 0.15) is 11.5 Å². The quantitative estimate of drug-likeness (QED) is 0.668. The van der Waals surface area contributed by atoms with Crippen LogP contribution in [0, 0.1) is 6.92 Å². The van der Waals surface area contributed by atoms with Crippen LogP contribution in [0.25, 0.3) is 11.1 Å². The van der Waals surface area contributed by atoms with E-state index in [1.54, 1.807) is 25.1 Å². The topological polar surface area (TPSA) is 55.1 Å². The molecule has 8 heteroatoms. The van der Waals surface area contributed by atoms with Crippen LogP contribution in [0.15, 0.2) is 51.8 Å². The number of halogens is 3. The fraction of sp³-hybridized carbons (Fsp3) is 0.176. The number of carbonyl (C=O) groups is 1. The first-order valence-corrected chi connectivity index (χ1v) is 8.27. The molecule has 25 heavy (non-hydrogen) atoms. The molecule has 1 aromatic heterocycles. The van der Waals surface area contributed by atoms with E-state index in [-0.39, 0.29) is 11.7 Å². The van der Waals surface area contributed by atoms with Gasteiger partial charge in [-0.15, -0.1) is 11.8 Å². The largest absolute Gasteiger partial charge is 0.441 e. The number of fused-ring (bicyclic) bond motifs is 1. The third-order valence-corrected chi connectivity index (χ3v) is 4.30. The van der Waals surface area contributed by atoms with Gasteiger partial charge < -0.3 is 9.73 Å². The molecule has 1 heterocycles. The van der Waals surface area contributed by atoms with Crippen molar-refractivity contribution in [1.82, 2.24) is 4.98 Å². The Morgan fingerprint density at radius 1 is 1.24 bits per heavy atom. The van der Waals surface area contributed by atoms with Gasteiger partial charge in [0.15, 0.2) is 11.5 Å². The highest BCUT2D eigenvalue weighted by Gasteiger charge is 2.30. The van der Waals surface area contributed by atoms with Crippen LogP contribution in [0.4, 0.5) is 18.9 Å². The summed E-state index contributed by atoms with van der Waals surface area (Å²) >= 11 is 1.04. The number of rotatable bonds is 4. The second-order valence-electron chi connectivity index (χ2n) is 5.28. The maximum Gasteiger partial charge on any atom is 0.416 e. The zero-order valence-corrected chi connectivity index (χ0v) is 13.9. The van der Waals surface area contributed by atoms with Crippen LogP contribution in [0.3, 0.4) is 0 Å². The van der Waals surface area contributed by atoms with Gasteiger partial charge >= 0.3 is 6.18 Å². The predicted molar refractivity (Wildman–Crippen MR) is 89.5 cm³/mol. The van der Waals surface area contributed by atoms with Crippen molar-refractivity contribution in [1.29, 1.82) is 0 Å². The molecule has 2 aromatic carbocycles. The summed E-state index contributed by atoms with van der Waals surface area (Å²) in [5.74, 6) is 0.206. The van der Waals surface area contributed by atoms with Gasteiger partial charge in [0.05, 0.1) is 11.3 Å². The van der Waals surface area contributed by atoms with Crippen LogP contribution < -0.4 is 5.32 Å². The van der Waals surface area contributed by atoms with E-state index in [0.717, 1.165) is 23.9 Å². The smallest absolute Gasteiger partial charge is 0.416 e. The molecule has 0 fully saturated rings. The summed E-state index contributed by atoms with van der Waals surface area (Å²) in [4.78, 5) is 16.6. The number of aromatic nitrogens is 1. The number of thioether (sulfide) groups is 1. The molecule has 0 radical (unpaired) electrons. The number of carbonyl (C=O) groups excluding carboxylic acids is 1. The van der Waals surface area contributed by atoms with Crippen molar-refractivity contribution in [3.8, 4) is 0 Å². The lowest BCUT2D eigenvalue weighted by molar-refractivity contribution is -0.137. The summed E-state index contributed by atoms with van der Waals surface area (Å²) in [5.41, 5.74) is 1.06. The second kappa shape index (κ2) is 6.79. The van der Waals surface area contributed by atoms with Gasteiger partial charge in [0.1, 0.15) is 5.52 Å². The number of hydrogen-bond donors (Lipinski definition) is 1. The van der Waals surface area contributed by atoms with E-state index >= 15 is 0 Å². The SMILES string of the molecule is Cc1nc2cc(NC(=O)CSc3cccc(C(F)(F)F)c3)ccc2o1. The first-order chi connectivity index (χ1) is 11.8. The van der Waals surface area contributed by atoms with Gasteiger partial charge in [-0.2, -0.15) is 13.2 Å². The number of hydrogen-bond acceptors (Lipinski definition) is 4. The molecule has 1 N–H and O–H groups in total. The van der Waals surface area contributed by atoms with Crippen molar-refractivity contribution >= 4 is 34.5 Å². The van der Waals surface area contributed by atoms with E-state index in [9.17, 15) is 18.0 Å². The van der Waals surface area contributed by atoms with Crippen LogP contribution in [-0.4, -0.2) is 16.6 Å². The molecule has 130 valence electrons. The molecule has 0 saturated heterocycles. The number of oxazole rings is 1. The maximum absolute atomic E-state index is 12.7. The third-order valence-electron chi connectivity index (χ3n) is 3.31. The minimum atomic E-state index is -4.40. The van der Waals surface area contributed by atoms with E-state index in [1.807, 2.05) is 0 Å². The second-order valence-corrected chi connectivity index (χ2v) is 6.33. The molecule has 1 amide bonds. The Labute approximate surface area is 145 Å². The van der Waals surface area contributed by atoms with Crippen molar-refractivity contribution in [2.45, 2.75) is 18.0 Å². The van der Waals surface area contributed by atoms with E-state index in [0.29, 0.717) is 27.6 Å². The van der Waals surface area contributed by atoms with E-state index in [4.69, 9.17) is 4.42 Å². The molecule has 0 saturated carbocycles. The molecule has 0 spiro atoms. The molecular formula is C17H13F3N2O2S. The first-order valence-electron chi connectivity index (χ1n) is 7.28. The summed E-state index contributed by atoms with van der Waals surface area (Å²) in [6.07, 6.45) is -4.40. The van der Waals surface area contributed by atoms with Gasteiger partial charge in [-0.05, 0) is 36.4 Å². The van der Waals surface area contributed by atoms with Gasteiger partial charge in [0.25, 0.3) is 0 Å². The van der Waals surface area contributed by atoms with E-state index in [1.165, 1.54) is 12.1 Å². The average molecular weight is 366 g/mol. The average Bonchev–Trinajstić information content (AvgIpc) is 2.92. The molecule has 0 aliphatic rings. The number of anilines is 1. The predicted octanol–water partition coefficient (Wildman–Crippen LogP) is 4.89. The lowest BCUT2D eigenvalue weighted by Gasteiger charge is -2.08. The molecular weight excluding hydrogens is 353 g/mol. The Kier molecular flexibility index (Phi) is 4.71. The Morgan fingerprint density at radius 2 is 2.04 bits per heavy atom. The Balaban J connectivity index is 1.62. The zero-order chi connectivity index (χ0) is 18.0. The van der Waals surface area contributed by atoms with Gasteiger partial charge in [-0.25, -0.2) is 4.98 Å². The van der Waals surface area contributed by atoms with Gasteiger partial charge in [0, 0.05) is 17.5 Å². The van der Waals surface area contributed by atoms with Crippen molar-refractivity contribution in [3.05, 3.63) is 53.9 Å². The highest BCUT2D eigenvalue weighted by atomic mass is 32.2. The number of amides is 1. The lowest BCUT2D eigenvalue weighted by atomic mass is 10.2. The minimum absolute atomic E-state index is 0.00279. The molecule has 0 aliphatic carbocycles. The molecule has 0 aliphatic heterocycles. The fourth-order valence-electron chi connectivity index (χ4n) is 2.23. The Morgan fingerprint density at radius 3 is 2.80 bits per heavy atom. The van der Waals surface area contributed by atoms with Crippen LogP contribution in [-0.2, 0) is 11.0 Å². The normalized spacial score (nSPS) is 11.7. The highest BCUT2D eigenvalue weighted by Crippen LogP contribution is 2.32. The molecule has 3 rings (SSSR count). The molecule has 0 bridgehead atoms. The summed E-state index contributed by atoms with van der Waals surface area (Å²) in [5, 5.41) is 2.69. The highest BCUT2D eigenvalue weighted by molar-refractivity contribution is 8.00. The maximum atomic E-state index is 12.7. The van der Waals surface area contributed by atoms with Gasteiger partial charge in [-0.1, -0.05) is 6.07 Å². The van der Waals surface area contributed by atoms with Crippen LogP contribution in [0.5, 0.6) is 0 Å². The summed E-state index contributed by atoms with van der Waals surface area (Å²) in [6, 6.07) is 9.95. The van der Waals surface area contributed by atoms with E-state index in [2.05, 4.69) is 10.3 Å². The van der Waals surface area contributed by atoms with E-state index < -0.39 is 11.7 Å². The Bertz CT molecular complexity index is 922. The number of nitrogens with one attached hydrogen (secondary N) is 1. The monoisotopic (exact) mass is 366 g/mol. The molecule has 4 nitrogen and oxygen atoms in total. The number of nitrogens with zero attached hydrogens (tertiary/aromatic N) is 1. The molecule has 3 aromatic rings. The minimum Gasteiger partial charge on any atom is -0.441 e.